The molecule has 0 aliphatic rings. The van der Waals surface area contributed by atoms with Crippen molar-refractivity contribution in [2.45, 2.75) is 38.8 Å². The lowest BCUT2D eigenvalue weighted by Crippen LogP contribution is -2.21. The topological polar surface area (TPSA) is 52.0 Å². The van der Waals surface area contributed by atoms with Crippen LogP contribution in [0.2, 0.25) is 0 Å². The summed E-state index contributed by atoms with van der Waals surface area (Å²) in [6.07, 6.45) is 2.08. The van der Waals surface area contributed by atoms with Gasteiger partial charge in [-0.3, -0.25) is 0 Å². The molecule has 2 aromatic carbocycles. The van der Waals surface area contributed by atoms with Crippen LogP contribution in [0.25, 0.3) is 11.1 Å². The third-order valence-corrected chi connectivity index (χ3v) is 2.96. The van der Waals surface area contributed by atoms with Gasteiger partial charge in [-0.1, -0.05) is 60.7 Å². The lowest BCUT2D eigenvalue weighted by atomic mass is 10.1. The van der Waals surface area contributed by atoms with Gasteiger partial charge in [-0.25, -0.2) is 0 Å². The Morgan fingerprint density at radius 2 is 0.950 bits per heavy atom. The number of hydrogen-bond acceptors (Lipinski definition) is 2. The fraction of sp³-hybridized carbons (Fsp3) is 0.333. The van der Waals surface area contributed by atoms with Crippen LogP contribution in [0, 0.1) is 0 Å². The molecule has 2 rings (SSSR count). The summed E-state index contributed by atoms with van der Waals surface area (Å²) in [6, 6.07) is 21.4. The molecule has 4 N–H and O–H groups in total. The van der Waals surface area contributed by atoms with E-state index in [1.165, 1.54) is 11.1 Å². The summed E-state index contributed by atoms with van der Waals surface area (Å²) >= 11 is 0. The Balaban J connectivity index is 0.000000221. The summed E-state index contributed by atoms with van der Waals surface area (Å²) in [5, 5.41) is 0. The average molecular weight is 270 g/mol. The van der Waals surface area contributed by atoms with Gasteiger partial charge in [-0.05, 0) is 37.8 Å². The maximum absolute atomic E-state index is 5.49. The Morgan fingerprint density at radius 3 is 1.20 bits per heavy atom. The Morgan fingerprint density at radius 1 is 0.650 bits per heavy atom. The van der Waals surface area contributed by atoms with E-state index in [2.05, 4.69) is 48.5 Å². The molecule has 0 aliphatic heterocycles. The molecule has 2 atom stereocenters. The molecule has 0 heterocycles. The van der Waals surface area contributed by atoms with Crippen LogP contribution in [-0.2, 0) is 0 Å². The van der Waals surface area contributed by atoms with Crippen LogP contribution in [0.1, 0.15) is 26.7 Å². The number of hydrogen-bond donors (Lipinski definition) is 2. The largest absolute Gasteiger partial charge is 0.328 e. The highest BCUT2D eigenvalue weighted by molar-refractivity contribution is 5.62. The molecule has 20 heavy (non-hydrogen) atoms. The molecule has 0 aromatic heterocycles. The first-order chi connectivity index (χ1) is 9.59. The summed E-state index contributed by atoms with van der Waals surface area (Å²) in [5.41, 5.74) is 13.5. The first kappa shape index (κ1) is 16.4. The van der Waals surface area contributed by atoms with Crippen molar-refractivity contribution >= 4 is 0 Å². The zero-order valence-electron chi connectivity index (χ0n) is 12.5. The molecule has 0 fully saturated rings. The van der Waals surface area contributed by atoms with Crippen molar-refractivity contribution in [2.75, 3.05) is 0 Å². The second-order valence-corrected chi connectivity index (χ2v) is 5.26. The van der Waals surface area contributed by atoms with Crippen molar-refractivity contribution in [2.24, 2.45) is 11.5 Å². The summed E-state index contributed by atoms with van der Waals surface area (Å²) in [7, 11) is 0. The van der Waals surface area contributed by atoms with Crippen molar-refractivity contribution in [3.63, 3.8) is 0 Å². The minimum absolute atomic E-state index is 0.306. The maximum atomic E-state index is 5.49. The van der Waals surface area contributed by atoms with Crippen molar-refractivity contribution in [3.05, 3.63) is 60.7 Å². The van der Waals surface area contributed by atoms with E-state index in [1.807, 2.05) is 26.0 Å². The van der Waals surface area contributed by atoms with E-state index in [0.717, 1.165) is 12.8 Å². The molecule has 2 nitrogen and oxygen atoms in total. The van der Waals surface area contributed by atoms with Crippen LogP contribution in [0.3, 0.4) is 0 Å². The Labute approximate surface area is 122 Å². The van der Waals surface area contributed by atoms with Crippen LogP contribution >= 0.6 is 0 Å². The van der Waals surface area contributed by atoms with E-state index in [0.29, 0.717) is 12.1 Å². The Kier molecular flexibility index (Phi) is 7.63. The first-order valence-electron chi connectivity index (χ1n) is 7.21. The minimum Gasteiger partial charge on any atom is -0.328 e. The molecule has 0 bridgehead atoms. The SMILES string of the molecule is CC(N)CCC(C)N.c1ccc(-c2ccccc2)cc1. The van der Waals surface area contributed by atoms with Crippen LogP contribution in [-0.4, -0.2) is 12.1 Å². The Hall–Kier alpha value is -1.64. The van der Waals surface area contributed by atoms with Gasteiger partial charge in [0.25, 0.3) is 0 Å². The van der Waals surface area contributed by atoms with E-state index in [1.54, 1.807) is 0 Å². The van der Waals surface area contributed by atoms with Crippen molar-refractivity contribution in [1.29, 1.82) is 0 Å². The zero-order chi connectivity index (χ0) is 14.8. The highest BCUT2D eigenvalue weighted by Gasteiger charge is 1.96. The molecular formula is C18H26N2. The monoisotopic (exact) mass is 270 g/mol. The molecular weight excluding hydrogens is 244 g/mol. The van der Waals surface area contributed by atoms with Crippen LogP contribution in [0.4, 0.5) is 0 Å². The van der Waals surface area contributed by atoms with Gasteiger partial charge in [0.05, 0.1) is 0 Å². The van der Waals surface area contributed by atoms with Gasteiger partial charge in [0.15, 0.2) is 0 Å². The maximum Gasteiger partial charge on any atom is 0.00110 e. The fourth-order valence-electron chi connectivity index (χ4n) is 1.79. The van der Waals surface area contributed by atoms with Gasteiger partial charge in [0, 0.05) is 12.1 Å². The predicted octanol–water partition coefficient (Wildman–Crippen LogP) is 3.81. The highest BCUT2D eigenvalue weighted by atomic mass is 14.6. The third-order valence-electron chi connectivity index (χ3n) is 2.96. The van der Waals surface area contributed by atoms with E-state index < -0.39 is 0 Å². The molecule has 0 amide bonds. The molecule has 108 valence electrons. The highest BCUT2D eigenvalue weighted by Crippen LogP contribution is 2.17. The molecule has 2 unspecified atom stereocenters. The predicted molar refractivity (Wildman–Crippen MR) is 88.4 cm³/mol. The minimum atomic E-state index is 0.306. The average Bonchev–Trinajstić information content (AvgIpc) is 2.48. The summed E-state index contributed by atoms with van der Waals surface area (Å²) < 4.78 is 0. The molecule has 2 heteroatoms. The third kappa shape index (κ3) is 7.07. The van der Waals surface area contributed by atoms with E-state index in [9.17, 15) is 0 Å². The normalized spacial score (nSPS) is 13.0. The molecule has 0 saturated heterocycles. The van der Waals surface area contributed by atoms with Crippen LogP contribution in [0.5, 0.6) is 0 Å². The first-order valence-corrected chi connectivity index (χ1v) is 7.21. The van der Waals surface area contributed by atoms with Crippen molar-refractivity contribution in [1.82, 2.24) is 0 Å². The van der Waals surface area contributed by atoms with Gasteiger partial charge in [-0.15, -0.1) is 0 Å². The number of nitrogens with two attached hydrogens (primary N) is 2. The molecule has 0 spiro atoms. The standard InChI is InChI=1S/C12H10.C6H16N2/c1-3-7-11(8-4-1)12-9-5-2-6-10-12;1-5(7)3-4-6(2)8/h1-10H;5-6H,3-4,7-8H2,1-2H3. The molecule has 0 radical (unpaired) electrons. The van der Waals surface area contributed by atoms with Gasteiger partial charge in [0.1, 0.15) is 0 Å². The van der Waals surface area contributed by atoms with Crippen LogP contribution in [0.15, 0.2) is 60.7 Å². The van der Waals surface area contributed by atoms with E-state index in [-0.39, 0.29) is 0 Å². The lowest BCUT2D eigenvalue weighted by molar-refractivity contribution is 0.564. The van der Waals surface area contributed by atoms with Crippen molar-refractivity contribution < 1.29 is 0 Å². The molecule has 2 aromatic rings. The quantitative estimate of drug-likeness (QED) is 0.887. The second kappa shape index (κ2) is 9.29. The Bertz CT molecular complexity index is 404. The summed E-state index contributed by atoms with van der Waals surface area (Å²) in [6.45, 7) is 4.00. The molecule has 0 saturated carbocycles. The van der Waals surface area contributed by atoms with Gasteiger partial charge >= 0.3 is 0 Å². The zero-order valence-corrected chi connectivity index (χ0v) is 12.5. The van der Waals surface area contributed by atoms with E-state index >= 15 is 0 Å². The molecule has 0 aliphatic carbocycles. The smallest absolute Gasteiger partial charge is 0.00110 e. The van der Waals surface area contributed by atoms with Crippen molar-refractivity contribution in [3.8, 4) is 11.1 Å². The summed E-state index contributed by atoms with van der Waals surface area (Å²) in [5.74, 6) is 0. The van der Waals surface area contributed by atoms with Gasteiger partial charge in [0.2, 0.25) is 0 Å². The lowest BCUT2D eigenvalue weighted by Gasteiger charge is -2.06. The van der Waals surface area contributed by atoms with Crippen LogP contribution < -0.4 is 11.5 Å². The number of benzene rings is 2. The van der Waals surface area contributed by atoms with Gasteiger partial charge < -0.3 is 11.5 Å². The number of rotatable bonds is 4. The summed E-state index contributed by atoms with van der Waals surface area (Å²) in [4.78, 5) is 0. The fourth-order valence-corrected chi connectivity index (χ4v) is 1.79. The second-order valence-electron chi connectivity index (χ2n) is 5.26. The van der Waals surface area contributed by atoms with Gasteiger partial charge in [-0.2, -0.15) is 0 Å². The van der Waals surface area contributed by atoms with E-state index in [4.69, 9.17) is 11.5 Å².